The Morgan fingerprint density at radius 3 is 2.34 bits per heavy atom. The lowest BCUT2D eigenvalue weighted by Crippen LogP contribution is -2.36. The molecule has 1 aliphatic carbocycles. The Labute approximate surface area is 187 Å². The standard InChI is InChI=1S/C23H26FN3O4S/c24-18-6-10-20(11-7-18)32(30,31)26-19-8-4-17(5-9-19)23(12-13-23)22(29)25-14-2-16-27-15-1-3-21(27)28/h4-11,26H,1-3,12-16H2,(H,25,29). The van der Waals surface area contributed by atoms with Crippen molar-refractivity contribution in [2.75, 3.05) is 24.4 Å². The predicted octanol–water partition coefficient (Wildman–Crippen LogP) is 2.79. The van der Waals surface area contributed by atoms with Gasteiger partial charge >= 0.3 is 0 Å². The summed E-state index contributed by atoms with van der Waals surface area (Å²) in [5, 5.41) is 2.98. The highest BCUT2D eigenvalue weighted by atomic mass is 32.2. The smallest absolute Gasteiger partial charge is 0.261 e. The van der Waals surface area contributed by atoms with Crippen LogP contribution in [0.3, 0.4) is 0 Å². The minimum absolute atomic E-state index is 0.0309. The fraction of sp³-hybridized carbons (Fsp3) is 0.391. The largest absolute Gasteiger partial charge is 0.355 e. The van der Waals surface area contributed by atoms with Gasteiger partial charge in [-0.15, -0.1) is 0 Å². The molecule has 2 N–H and O–H groups in total. The zero-order valence-corrected chi connectivity index (χ0v) is 18.5. The number of rotatable bonds is 9. The minimum atomic E-state index is -3.83. The number of sulfonamides is 1. The molecule has 0 aromatic heterocycles. The maximum Gasteiger partial charge on any atom is 0.261 e. The van der Waals surface area contributed by atoms with Crippen LogP contribution < -0.4 is 10.0 Å². The fourth-order valence-corrected chi connectivity index (χ4v) is 5.10. The van der Waals surface area contributed by atoms with Gasteiger partial charge < -0.3 is 10.2 Å². The van der Waals surface area contributed by atoms with Gasteiger partial charge in [-0.3, -0.25) is 14.3 Å². The topological polar surface area (TPSA) is 95.6 Å². The second-order valence-electron chi connectivity index (χ2n) is 8.31. The summed E-state index contributed by atoms with van der Waals surface area (Å²) < 4.78 is 40.4. The molecule has 1 heterocycles. The molecular weight excluding hydrogens is 433 g/mol. The van der Waals surface area contributed by atoms with Crippen LogP contribution in [0.2, 0.25) is 0 Å². The van der Waals surface area contributed by atoms with Gasteiger partial charge in [0.25, 0.3) is 10.0 Å². The molecule has 7 nitrogen and oxygen atoms in total. The number of amides is 2. The van der Waals surface area contributed by atoms with Crippen LogP contribution in [-0.2, 0) is 25.0 Å². The number of benzene rings is 2. The number of nitrogens with zero attached hydrogens (tertiary/aromatic N) is 1. The van der Waals surface area contributed by atoms with Crippen molar-refractivity contribution in [2.45, 2.75) is 42.4 Å². The number of carbonyl (C=O) groups is 2. The van der Waals surface area contributed by atoms with Crippen molar-refractivity contribution in [1.82, 2.24) is 10.2 Å². The summed E-state index contributed by atoms with van der Waals surface area (Å²) in [5.41, 5.74) is 0.636. The van der Waals surface area contributed by atoms with Crippen molar-refractivity contribution < 1.29 is 22.4 Å². The molecule has 0 unspecified atom stereocenters. The number of nitrogens with one attached hydrogen (secondary N) is 2. The Hall–Kier alpha value is -2.94. The first-order valence-electron chi connectivity index (χ1n) is 10.8. The van der Waals surface area contributed by atoms with Gasteiger partial charge in [0, 0.05) is 31.7 Å². The third-order valence-electron chi connectivity index (χ3n) is 6.06. The number of halogens is 1. The molecule has 0 bridgehead atoms. The molecule has 0 radical (unpaired) electrons. The zero-order chi connectivity index (χ0) is 22.8. The molecule has 0 atom stereocenters. The van der Waals surface area contributed by atoms with E-state index in [0.29, 0.717) is 25.2 Å². The Balaban J connectivity index is 1.33. The molecule has 2 amide bonds. The van der Waals surface area contributed by atoms with Gasteiger partial charge in [-0.25, -0.2) is 12.8 Å². The van der Waals surface area contributed by atoms with Crippen LogP contribution in [0.4, 0.5) is 10.1 Å². The van der Waals surface area contributed by atoms with E-state index in [9.17, 15) is 22.4 Å². The third-order valence-corrected chi connectivity index (χ3v) is 7.46. The summed E-state index contributed by atoms with van der Waals surface area (Å²) in [4.78, 5) is 26.2. The minimum Gasteiger partial charge on any atom is -0.355 e. The van der Waals surface area contributed by atoms with Crippen molar-refractivity contribution in [2.24, 2.45) is 0 Å². The van der Waals surface area contributed by atoms with Gasteiger partial charge in [0.1, 0.15) is 5.82 Å². The first-order valence-corrected chi connectivity index (χ1v) is 12.2. The van der Waals surface area contributed by atoms with E-state index < -0.39 is 21.3 Å². The van der Waals surface area contributed by atoms with Gasteiger partial charge in [0.15, 0.2) is 0 Å². The Morgan fingerprint density at radius 2 is 1.75 bits per heavy atom. The SMILES string of the molecule is O=C1CCCN1CCCNC(=O)C1(c2ccc(NS(=O)(=O)c3ccc(F)cc3)cc2)CC1. The number of anilines is 1. The molecule has 1 saturated heterocycles. The first-order chi connectivity index (χ1) is 15.3. The Bertz CT molecular complexity index is 1100. The van der Waals surface area contributed by atoms with Crippen LogP contribution >= 0.6 is 0 Å². The maximum absolute atomic E-state index is 13.0. The van der Waals surface area contributed by atoms with Crippen LogP contribution in [-0.4, -0.2) is 44.8 Å². The summed E-state index contributed by atoms with van der Waals surface area (Å²) in [5.74, 6) is -0.360. The molecule has 2 aliphatic rings. The molecule has 32 heavy (non-hydrogen) atoms. The number of hydrogen-bond donors (Lipinski definition) is 2. The van der Waals surface area contributed by atoms with Crippen molar-refractivity contribution in [3.05, 3.63) is 59.9 Å². The molecule has 4 rings (SSSR count). The normalized spacial score (nSPS) is 17.3. The van der Waals surface area contributed by atoms with Crippen LogP contribution in [0.15, 0.2) is 53.4 Å². The van der Waals surface area contributed by atoms with E-state index in [1.54, 1.807) is 24.3 Å². The van der Waals surface area contributed by atoms with E-state index in [4.69, 9.17) is 0 Å². The molecule has 1 aliphatic heterocycles. The van der Waals surface area contributed by atoms with Crippen molar-refractivity contribution in [3.8, 4) is 0 Å². The van der Waals surface area contributed by atoms with E-state index >= 15 is 0 Å². The zero-order valence-electron chi connectivity index (χ0n) is 17.6. The van der Waals surface area contributed by atoms with Gasteiger partial charge in [0.05, 0.1) is 10.3 Å². The van der Waals surface area contributed by atoms with Gasteiger partial charge in [-0.05, 0) is 67.6 Å². The molecular formula is C23H26FN3O4S. The maximum atomic E-state index is 13.0. The molecule has 170 valence electrons. The number of carbonyl (C=O) groups excluding carboxylic acids is 2. The molecule has 2 aromatic rings. The Morgan fingerprint density at radius 1 is 1.06 bits per heavy atom. The first kappa shape index (κ1) is 22.3. The lowest BCUT2D eigenvalue weighted by molar-refractivity contribution is -0.127. The summed E-state index contributed by atoms with van der Waals surface area (Å²) in [6.45, 7) is 1.98. The van der Waals surface area contributed by atoms with E-state index in [1.165, 1.54) is 12.1 Å². The highest BCUT2D eigenvalue weighted by molar-refractivity contribution is 7.92. The average Bonchev–Trinajstić information content (AvgIpc) is 3.48. The van der Waals surface area contributed by atoms with Crippen molar-refractivity contribution in [1.29, 1.82) is 0 Å². The molecule has 1 saturated carbocycles. The predicted molar refractivity (Wildman–Crippen MR) is 118 cm³/mol. The van der Waals surface area contributed by atoms with Gasteiger partial charge in [-0.2, -0.15) is 0 Å². The lowest BCUT2D eigenvalue weighted by atomic mass is 9.95. The summed E-state index contributed by atoms with van der Waals surface area (Å²) >= 11 is 0. The fourth-order valence-electron chi connectivity index (χ4n) is 4.04. The highest BCUT2D eigenvalue weighted by Crippen LogP contribution is 2.48. The number of hydrogen-bond acceptors (Lipinski definition) is 4. The quantitative estimate of drug-likeness (QED) is 0.564. The average molecular weight is 460 g/mol. The van der Waals surface area contributed by atoms with Crippen LogP contribution in [0.25, 0.3) is 0 Å². The molecule has 9 heteroatoms. The van der Waals surface area contributed by atoms with E-state index in [2.05, 4.69) is 10.0 Å². The monoisotopic (exact) mass is 459 g/mol. The summed E-state index contributed by atoms with van der Waals surface area (Å²) in [6.07, 6.45) is 3.72. The van der Waals surface area contributed by atoms with Crippen LogP contribution in [0.5, 0.6) is 0 Å². The number of likely N-dealkylation sites (tertiary alicyclic amines) is 1. The Kier molecular flexibility index (Phi) is 6.19. The van der Waals surface area contributed by atoms with Crippen LogP contribution in [0.1, 0.15) is 37.7 Å². The summed E-state index contributed by atoms with van der Waals surface area (Å²) in [7, 11) is -3.83. The molecule has 2 aromatic carbocycles. The van der Waals surface area contributed by atoms with Crippen molar-refractivity contribution >= 4 is 27.5 Å². The highest BCUT2D eigenvalue weighted by Gasteiger charge is 2.51. The second-order valence-corrected chi connectivity index (χ2v) is 10.00. The van der Waals surface area contributed by atoms with E-state index in [0.717, 1.165) is 49.9 Å². The van der Waals surface area contributed by atoms with E-state index in [1.807, 2.05) is 4.90 Å². The molecule has 0 spiro atoms. The van der Waals surface area contributed by atoms with E-state index in [-0.39, 0.29) is 16.7 Å². The second kappa shape index (κ2) is 8.90. The van der Waals surface area contributed by atoms with Gasteiger partial charge in [-0.1, -0.05) is 12.1 Å². The van der Waals surface area contributed by atoms with Crippen LogP contribution in [0, 0.1) is 5.82 Å². The third kappa shape index (κ3) is 4.77. The molecule has 2 fully saturated rings. The summed E-state index contributed by atoms with van der Waals surface area (Å²) in [6, 6.07) is 11.4. The van der Waals surface area contributed by atoms with Crippen molar-refractivity contribution in [3.63, 3.8) is 0 Å². The van der Waals surface area contributed by atoms with Gasteiger partial charge in [0.2, 0.25) is 11.8 Å². The lowest BCUT2D eigenvalue weighted by Gasteiger charge is -2.18.